The lowest BCUT2D eigenvalue weighted by atomic mass is 9.95. The number of Topliss-reactive ketones (excluding diaryl/α,β-unsaturated/α-hetero) is 1. The van der Waals surface area contributed by atoms with Crippen LogP contribution in [-0.4, -0.2) is 34.0 Å². The number of nitro benzene ring substituents is 1. The van der Waals surface area contributed by atoms with Gasteiger partial charge in [-0.1, -0.05) is 16.8 Å². The van der Waals surface area contributed by atoms with Crippen LogP contribution in [0.5, 0.6) is 5.75 Å². The highest BCUT2D eigenvalue weighted by Gasteiger charge is 2.48. The number of aromatic nitrogens is 1. The fraction of sp³-hybridized carbons (Fsp3) is 0.136. The van der Waals surface area contributed by atoms with Gasteiger partial charge in [0.05, 0.1) is 28.7 Å². The Morgan fingerprint density at radius 3 is 2.45 bits per heavy atom. The van der Waals surface area contributed by atoms with Crippen molar-refractivity contribution in [1.29, 1.82) is 0 Å². The Morgan fingerprint density at radius 2 is 1.91 bits per heavy atom. The van der Waals surface area contributed by atoms with Crippen LogP contribution in [0.15, 0.2) is 58.6 Å². The van der Waals surface area contributed by atoms with Crippen LogP contribution in [0.4, 0.5) is 11.5 Å². The molecule has 1 amide bonds. The van der Waals surface area contributed by atoms with Crippen molar-refractivity contribution < 1.29 is 28.9 Å². The highest BCUT2D eigenvalue weighted by molar-refractivity contribution is 6.51. The summed E-state index contributed by atoms with van der Waals surface area (Å²) in [6.07, 6.45) is 0. The molecule has 0 saturated carbocycles. The van der Waals surface area contributed by atoms with Crippen molar-refractivity contribution >= 4 is 40.6 Å². The van der Waals surface area contributed by atoms with Gasteiger partial charge in [-0.2, -0.15) is 0 Å². The van der Waals surface area contributed by atoms with Crippen LogP contribution >= 0.6 is 11.6 Å². The number of methoxy groups -OCH3 is 1. The van der Waals surface area contributed by atoms with E-state index in [-0.39, 0.29) is 27.7 Å². The number of aliphatic hydroxyl groups is 1. The molecule has 1 N–H and O–H groups in total. The number of ether oxygens (including phenoxy) is 1. The predicted molar refractivity (Wildman–Crippen MR) is 117 cm³/mol. The lowest BCUT2D eigenvalue weighted by Crippen LogP contribution is -2.29. The van der Waals surface area contributed by atoms with E-state index in [0.29, 0.717) is 17.1 Å². The van der Waals surface area contributed by atoms with Crippen LogP contribution in [-0.2, 0) is 9.59 Å². The molecule has 2 aromatic carbocycles. The summed E-state index contributed by atoms with van der Waals surface area (Å²) in [5.41, 5.74) is 0.134. The Kier molecular flexibility index (Phi) is 5.60. The number of aliphatic hydroxyl groups excluding tert-OH is 1. The molecule has 10 nitrogen and oxygen atoms in total. The van der Waals surface area contributed by atoms with E-state index in [0.717, 1.165) is 4.90 Å². The SMILES string of the molecule is COc1ccc(/C(O)=C2/C(=O)C(=O)N(c3cc(C)on3)C2c2ccc([N+](=O)[O-])cc2)cc1Cl. The first-order valence-corrected chi connectivity index (χ1v) is 9.93. The van der Waals surface area contributed by atoms with Crippen molar-refractivity contribution in [3.05, 3.63) is 86.1 Å². The Labute approximate surface area is 191 Å². The van der Waals surface area contributed by atoms with Crippen molar-refractivity contribution in [1.82, 2.24) is 5.16 Å². The molecule has 1 aromatic heterocycles. The number of aryl methyl sites for hydroxylation is 1. The molecule has 0 radical (unpaired) electrons. The molecule has 4 rings (SSSR count). The average molecular weight is 470 g/mol. The van der Waals surface area contributed by atoms with Crippen molar-refractivity contribution in [2.75, 3.05) is 12.0 Å². The smallest absolute Gasteiger partial charge is 0.301 e. The summed E-state index contributed by atoms with van der Waals surface area (Å²) in [6.45, 7) is 1.62. The van der Waals surface area contributed by atoms with Crippen LogP contribution < -0.4 is 9.64 Å². The van der Waals surface area contributed by atoms with Gasteiger partial charge in [0.15, 0.2) is 5.82 Å². The number of carbonyl (C=O) groups is 2. The number of hydrogen-bond donors (Lipinski definition) is 1. The van der Waals surface area contributed by atoms with E-state index in [1.54, 1.807) is 6.92 Å². The topological polar surface area (TPSA) is 136 Å². The third-order valence-electron chi connectivity index (χ3n) is 5.15. The Bertz CT molecular complexity index is 1310. The van der Waals surface area contributed by atoms with Gasteiger partial charge in [-0.15, -0.1) is 0 Å². The van der Waals surface area contributed by atoms with E-state index >= 15 is 0 Å². The van der Waals surface area contributed by atoms with E-state index in [9.17, 15) is 24.8 Å². The molecule has 2 heterocycles. The number of ketones is 1. The first-order valence-electron chi connectivity index (χ1n) is 9.55. The van der Waals surface area contributed by atoms with Crippen LogP contribution in [0, 0.1) is 17.0 Å². The first kappa shape index (κ1) is 22.0. The van der Waals surface area contributed by atoms with Gasteiger partial charge in [0.2, 0.25) is 0 Å². The molecule has 0 bridgehead atoms. The number of carbonyl (C=O) groups excluding carboxylic acids is 2. The molecule has 1 atom stereocenters. The molecule has 1 aliphatic rings. The highest BCUT2D eigenvalue weighted by atomic mass is 35.5. The molecule has 1 aliphatic heterocycles. The van der Waals surface area contributed by atoms with E-state index in [1.807, 2.05) is 0 Å². The van der Waals surface area contributed by atoms with Crippen LogP contribution in [0.2, 0.25) is 5.02 Å². The maximum Gasteiger partial charge on any atom is 0.301 e. The van der Waals surface area contributed by atoms with Crippen LogP contribution in [0.25, 0.3) is 5.76 Å². The second kappa shape index (κ2) is 8.40. The molecule has 3 aromatic rings. The second-order valence-electron chi connectivity index (χ2n) is 7.16. The molecule has 1 saturated heterocycles. The Balaban J connectivity index is 1.92. The standard InChI is InChI=1S/C22H16ClN3O7/c1-11-9-17(24-33-11)25-19(12-3-6-14(7-4-12)26(30)31)18(21(28)22(25)29)20(27)13-5-8-16(32-2)15(23)10-13/h3-10,19,27H,1-2H3/b20-18-. The molecule has 168 valence electrons. The molecule has 0 aliphatic carbocycles. The molecule has 0 spiro atoms. The minimum absolute atomic E-state index is 0.0600. The molecular weight excluding hydrogens is 454 g/mol. The van der Waals surface area contributed by atoms with E-state index in [1.165, 1.54) is 55.6 Å². The minimum Gasteiger partial charge on any atom is -0.507 e. The number of amides is 1. The van der Waals surface area contributed by atoms with Gasteiger partial charge in [-0.3, -0.25) is 24.6 Å². The van der Waals surface area contributed by atoms with Crippen molar-refractivity contribution in [2.45, 2.75) is 13.0 Å². The third kappa shape index (κ3) is 3.80. The lowest BCUT2D eigenvalue weighted by Gasteiger charge is -2.22. The number of halogens is 1. The average Bonchev–Trinajstić information content (AvgIpc) is 3.34. The monoisotopic (exact) mass is 469 g/mol. The summed E-state index contributed by atoms with van der Waals surface area (Å²) < 4.78 is 10.2. The van der Waals surface area contributed by atoms with Gasteiger partial charge in [-0.25, -0.2) is 0 Å². The maximum absolute atomic E-state index is 13.0. The van der Waals surface area contributed by atoms with E-state index < -0.39 is 28.4 Å². The number of nitro groups is 1. The summed E-state index contributed by atoms with van der Waals surface area (Å²) in [7, 11) is 1.43. The van der Waals surface area contributed by atoms with Crippen molar-refractivity contribution in [3.8, 4) is 5.75 Å². The second-order valence-corrected chi connectivity index (χ2v) is 7.57. The number of hydrogen-bond acceptors (Lipinski definition) is 8. The summed E-state index contributed by atoms with van der Waals surface area (Å²) in [5, 5.41) is 26.2. The van der Waals surface area contributed by atoms with E-state index in [2.05, 4.69) is 5.16 Å². The number of benzene rings is 2. The van der Waals surface area contributed by atoms with Crippen molar-refractivity contribution in [3.63, 3.8) is 0 Å². The van der Waals surface area contributed by atoms with Gasteiger partial charge in [0.1, 0.15) is 17.3 Å². The lowest BCUT2D eigenvalue weighted by molar-refractivity contribution is -0.384. The molecule has 11 heteroatoms. The number of rotatable bonds is 5. The van der Waals surface area contributed by atoms with E-state index in [4.69, 9.17) is 20.9 Å². The molecule has 33 heavy (non-hydrogen) atoms. The Hall–Kier alpha value is -4.18. The van der Waals surface area contributed by atoms with Gasteiger partial charge in [-0.05, 0) is 42.8 Å². The third-order valence-corrected chi connectivity index (χ3v) is 5.45. The van der Waals surface area contributed by atoms with Gasteiger partial charge in [0.25, 0.3) is 11.5 Å². The molecule has 1 fully saturated rings. The largest absolute Gasteiger partial charge is 0.507 e. The minimum atomic E-state index is -1.11. The fourth-order valence-corrected chi connectivity index (χ4v) is 3.86. The van der Waals surface area contributed by atoms with Crippen LogP contribution in [0.3, 0.4) is 0 Å². The number of anilines is 1. The summed E-state index contributed by atoms with van der Waals surface area (Å²) in [6, 6.07) is 10.0. The van der Waals surface area contributed by atoms with Crippen molar-refractivity contribution in [2.24, 2.45) is 0 Å². The fourth-order valence-electron chi connectivity index (χ4n) is 3.60. The summed E-state index contributed by atoms with van der Waals surface area (Å²) in [5.74, 6) is -1.54. The zero-order valence-electron chi connectivity index (χ0n) is 17.3. The van der Waals surface area contributed by atoms with Gasteiger partial charge in [0, 0.05) is 23.8 Å². The van der Waals surface area contributed by atoms with Gasteiger partial charge >= 0.3 is 5.91 Å². The predicted octanol–water partition coefficient (Wildman–Crippen LogP) is 4.18. The molecule has 1 unspecified atom stereocenters. The van der Waals surface area contributed by atoms with Crippen LogP contribution in [0.1, 0.15) is 22.9 Å². The quantitative estimate of drug-likeness (QED) is 0.193. The zero-order valence-corrected chi connectivity index (χ0v) is 18.1. The number of nitrogens with zero attached hydrogens (tertiary/aromatic N) is 3. The molecular formula is C22H16ClN3O7. The highest BCUT2D eigenvalue weighted by Crippen LogP contribution is 2.42. The number of non-ortho nitro benzene ring substituents is 1. The maximum atomic E-state index is 13.0. The first-order chi connectivity index (χ1) is 15.7. The zero-order chi connectivity index (χ0) is 23.9. The summed E-state index contributed by atoms with van der Waals surface area (Å²) in [4.78, 5) is 37.6. The van der Waals surface area contributed by atoms with Gasteiger partial charge < -0.3 is 14.4 Å². The Morgan fingerprint density at radius 1 is 1.21 bits per heavy atom. The summed E-state index contributed by atoms with van der Waals surface area (Å²) >= 11 is 6.17. The normalized spacial score (nSPS) is 17.4.